The number of carboxylic acid groups (broad SMARTS) is 1. The summed E-state index contributed by atoms with van der Waals surface area (Å²) in [5, 5.41) is 12.3. The minimum absolute atomic E-state index is 0.0871. The summed E-state index contributed by atoms with van der Waals surface area (Å²) in [5.74, 6) is -0.662. The van der Waals surface area contributed by atoms with E-state index < -0.39 is 11.5 Å². The number of rotatable bonds is 3. The number of nitrogens with one attached hydrogen (secondary N) is 1. The fourth-order valence-electron chi connectivity index (χ4n) is 2.79. The van der Waals surface area contributed by atoms with E-state index in [9.17, 15) is 14.7 Å². The molecule has 2 rings (SSSR count). The van der Waals surface area contributed by atoms with Crippen LogP contribution < -0.4 is 5.32 Å². The maximum Gasteiger partial charge on any atom is 0.323 e. The summed E-state index contributed by atoms with van der Waals surface area (Å²) in [7, 11) is 0. The second-order valence-electron chi connectivity index (χ2n) is 5.29. The smallest absolute Gasteiger partial charge is 0.323 e. The van der Waals surface area contributed by atoms with Crippen molar-refractivity contribution in [3.05, 3.63) is 0 Å². The van der Waals surface area contributed by atoms with Crippen LogP contribution in [0.1, 0.15) is 39.0 Å². The Balaban J connectivity index is 2.02. The summed E-state index contributed by atoms with van der Waals surface area (Å²) >= 11 is 0. The lowest BCUT2D eigenvalue weighted by atomic mass is 9.88. The van der Waals surface area contributed by atoms with Gasteiger partial charge in [0, 0.05) is 19.0 Å². The Bertz CT molecular complexity index is 332. The molecule has 0 aromatic heterocycles. The molecule has 0 aromatic rings. The molecule has 2 saturated heterocycles. The zero-order valence-corrected chi connectivity index (χ0v) is 10.2. The van der Waals surface area contributed by atoms with Crippen LogP contribution in [0.5, 0.6) is 0 Å². The number of hydrogen-bond donors (Lipinski definition) is 2. The first kappa shape index (κ1) is 12.4. The summed E-state index contributed by atoms with van der Waals surface area (Å²) in [4.78, 5) is 24.6. The van der Waals surface area contributed by atoms with E-state index in [2.05, 4.69) is 5.32 Å². The standard InChI is InChI=1S/C12H20N2O3/c1-12(11(16)17)6-2-3-7-14(12)8-9-4-5-10(15)13-9/h9H,2-8H2,1H3,(H,13,15)(H,16,17). The third-order valence-corrected chi connectivity index (χ3v) is 4.03. The van der Waals surface area contributed by atoms with Crippen LogP contribution in [0.3, 0.4) is 0 Å². The Morgan fingerprint density at radius 3 is 2.94 bits per heavy atom. The van der Waals surface area contributed by atoms with Crippen molar-refractivity contribution in [1.82, 2.24) is 10.2 Å². The Labute approximate surface area is 101 Å². The third kappa shape index (κ3) is 2.44. The molecule has 2 heterocycles. The lowest BCUT2D eigenvalue weighted by Crippen LogP contribution is -2.58. The van der Waals surface area contributed by atoms with Gasteiger partial charge in [0.15, 0.2) is 0 Å². The number of likely N-dealkylation sites (tertiary alicyclic amines) is 1. The summed E-state index contributed by atoms with van der Waals surface area (Å²) in [5.41, 5.74) is -0.758. The molecule has 0 bridgehead atoms. The van der Waals surface area contributed by atoms with Gasteiger partial charge in [0.25, 0.3) is 0 Å². The summed E-state index contributed by atoms with van der Waals surface area (Å²) in [6, 6.07) is 0.124. The van der Waals surface area contributed by atoms with Crippen LogP contribution in [-0.2, 0) is 9.59 Å². The molecule has 5 nitrogen and oxygen atoms in total. The fourth-order valence-corrected chi connectivity index (χ4v) is 2.79. The van der Waals surface area contributed by atoms with Crippen LogP contribution in [-0.4, -0.2) is 46.6 Å². The normalized spacial score (nSPS) is 34.6. The van der Waals surface area contributed by atoms with Gasteiger partial charge in [0.2, 0.25) is 5.91 Å². The number of carbonyl (C=O) groups excluding carboxylic acids is 1. The Morgan fingerprint density at radius 2 is 2.35 bits per heavy atom. The van der Waals surface area contributed by atoms with Crippen LogP contribution in [0.4, 0.5) is 0 Å². The molecule has 2 unspecified atom stereocenters. The Hall–Kier alpha value is -1.10. The van der Waals surface area contributed by atoms with E-state index in [4.69, 9.17) is 0 Å². The number of hydrogen-bond acceptors (Lipinski definition) is 3. The van der Waals surface area contributed by atoms with Crippen LogP contribution in [0.25, 0.3) is 0 Å². The number of amides is 1. The molecule has 17 heavy (non-hydrogen) atoms. The largest absolute Gasteiger partial charge is 0.480 e. The summed E-state index contributed by atoms with van der Waals surface area (Å²) < 4.78 is 0. The lowest BCUT2D eigenvalue weighted by Gasteiger charge is -2.42. The van der Waals surface area contributed by atoms with Crippen molar-refractivity contribution in [3.63, 3.8) is 0 Å². The molecular formula is C12H20N2O3. The molecule has 2 aliphatic heterocycles. The monoisotopic (exact) mass is 240 g/mol. The van der Waals surface area contributed by atoms with Crippen LogP contribution in [0.2, 0.25) is 0 Å². The highest BCUT2D eigenvalue weighted by Crippen LogP contribution is 2.29. The van der Waals surface area contributed by atoms with Gasteiger partial charge in [-0.2, -0.15) is 0 Å². The van der Waals surface area contributed by atoms with Crippen LogP contribution >= 0.6 is 0 Å². The van der Waals surface area contributed by atoms with Gasteiger partial charge in [-0.3, -0.25) is 14.5 Å². The highest BCUT2D eigenvalue weighted by molar-refractivity contribution is 5.79. The van der Waals surface area contributed by atoms with Crippen molar-refractivity contribution in [2.45, 2.75) is 50.6 Å². The van der Waals surface area contributed by atoms with Gasteiger partial charge in [0.1, 0.15) is 5.54 Å². The predicted molar refractivity (Wildman–Crippen MR) is 62.6 cm³/mol. The van der Waals surface area contributed by atoms with Crippen molar-refractivity contribution in [2.24, 2.45) is 0 Å². The van der Waals surface area contributed by atoms with Gasteiger partial charge >= 0.3 is 5.97 Å². The van der Waals surface area contributed by atoms with E-state index >= 15 is 0 Å². The van der Waals surface area contributed by atoms with E-state index in [1.807, 2.05) is 4.90 Å². The van der Waals surface area contributed by atoms with Gasteiger partial charge in [-0.25, -0.2) is 0 Å². The van der Waals surface area contributed by atoms with Gasteiger partial charge in [-0.15, -0.1) is 0 Å². The van der Waals surface area contributed by atoms with Gasteiger partial charge in [-0.05, 0) is 39.2 Å². The number of carboxylic acids is 1. The van der Waals surface area contributed by atoms with Crippen molar-refractivity contribution >= 4 is 11.9 Å². The van der Waals surface area contributed by atoms with E-state index in [-0.39, 0.29) is 11.9 Å². The van der Waals surface area contributed by atoms with E-state index in [1.54, 1.807) is 6.92 Å². The first-order valence-electron chi connectivity index (χ1n) is 6.30. The highest BCUT2D eigenvalue weighted by Gasteiger charge is 2.42. The van der Waals surface area contributed by atoms with E-state index in [1.165, 1.54) is 0 Å². The molecule has 0 spiro atoms. The molecule has 1 amide bonds. The average molecular weight is 240 g/mol. The van der Waals surface area contributed by atoms with E-state index in [0.29, 0.717) is 19.4 Å². The quantitative estimate of drug-likeness (QED) is 0.757. The maximum absolute atomic E-state index is 11.4. The van der Waals surface area contributed by atoms with Crippen molar-refractivity contribution < 1.29 is 14.7 Å². The van der Waals surface area contributed by atoms with Gasteiger partial charge in [0.05, 0.1) is 0 Å². The average Bonchev–Trinajstić information content (AvgIpc) is 2.67. The molecule has 5 heteroatoms. The number of piperidine rings is 1. The zero-order chi connectivity index (χ0) is 12.5. The van der Waals surface area contributed by atoms with Crippen molar-refractivity contribution in [2.75, 3.05) is 13.1 Å². The Kier molecular flexibility index (Phi) is 3.38. The first-order chi connectivity index (χ1) is 8.02. The SMILES string of the molecule is CC1(C(=O)O)CCCCN1CC1CCC(=O)N1. The molecule has 2 fully saturated rings. The van der Waals surface area contributed by atoms with Crippen molar-refractivity contribution in [3.8, 4) is 0 Å². The number of carbonyl (C=O) groups is 2. The zero-order valence-electron chi connectivity index (χ0n) is 10.2. The Morgan fingerprint density at radius 1 is 1.59 bits per heavy atom. The van der Waals surface area contributed by atoms with E-state index in [0.717, 1.165) is 25.8 Å². The molecular weight excluding hydrogens is 220 g/mol. The van der Waals surface area contributed by atoms with Crippen LogP contribution in [0.15, 0.2) is 0 Å². The number of aliphatic carboxylic acids is 1. The van der Waals surface area contributed by atoms with Gasteiger partial charge < -0.3 is 10.4 Å². The molecule has 0 radical (unpaired) electrons. The van der Waals surface area contributed by atoms with Gasteiger partial charge in [-0.1, -0.05) is 0 Å². The molecule has 0 saturated carbocycles. The first-order valence-corrected chi connectivity index (χ1v) is 6.30. The minimum atomic E-state index is -0.758. The van der Waals surface area contributed by atoms with Crippen LogP contribution in [0, 0.1) is 0 Å². The second-order valence-corrected chi connectivity index (χ2v) is 5.29. The maximum atomic E-state index is 11.4. The van der Waals surface area contributed by atoms with Crippen molar-refractivity contribution in [1.29, 1.82) is 0 Å². The second kappa shape index (κ2) is 4.64. The lowest BCUT2D eigenvalue weighted by molar-refractivity contribution is -0.153. The molecule has 96 valence electrons. The number of nitrogens with zero attached hydrogens (tertiary/aromatic N) is 1. The predicted octanol–water partition coefficient (Wildman–Crippen LogP) is 0.594. The highest BCUT2D eigenvalue weighted by atomic mass is 16.4. The fraction of sp³-hybridized carbons (Fsp3) is 0.833. The summed E-state index contributed by atoms with van der Waals surface area (Å²) in [6.07, 6.45) is 4.11. The minimum Gasteiger partial charge on any atom is -0.480 e. The molecule has 2 N–H and O–H groups in total. The molecule has 0 aromatic carbocycles. The molecule has 2 aliphatic rings. The molecule has 2 atom stereocenters. The third-order valence-electron chi connectivity index (χ3n) is 4.03. The summed E-state index contributed by atoms with van der Waals surface area (Å²) in [6.45, 7) is 3.27. The molecule has 0 aliphatic carbocycles. The topological polar surface area (TPSA) is 69.6 Å².